The van der Waals surface area contributed by atoms with Crippen molar-refractivity contribution in [2.45, 2.75) is 77.4 Å². The second kappa shape index (κ2) is 13.7. The summed E-state index contributed by atoms with van der Waals surface area (Å²) in [7, 11) is -2.68. The van der Waals surface area contributed by atoms with Gasteiger partial charge in [0.1, 0.15) is 0 Å². The summed E-state index contributed by atoms with van der Waals surface area (Å²) < 4.78 is 18.5. The van der Waals surface area contributed by atoms with Crippen LogP contribution in [0.3, 0.4) is 0 Å². The van der Waals surface area contributed by atoms with E-state index in [0.29, 0.717) is 18.5 Å². The number of hydrogen-bond acceptors (Lipinski definition) is 5. The normalized spacial score (nSPS) is 14.3. The van der Waals surface area contributed by atoms with Gasteiger partial charge in [0, 0.05) is 31.1 Å². The van der Waals surface area contributed by atoms with Crippen LogP contribution in [0.5, 0.6) is 0 Å². The highest BCUT2D eigenvalue weighted by Crippen LogP contribution is 2.23. The van der Waals surface area contributed by atoms with Gasteiger partial charge in [0.2, 0.25) is 0 Å². The third-order valence-electron chi connectivity index (χ3n) is 4.16. The van der Waals surface area contributed by atoms with Gasteiger partial charge in [0.05, 0.1) is 6.23 Å². The zero-order valence-corrected chi connectivity index (χ0v) is 18.8. The molecule has 0 aliphatic rings. The number of hydrogen-bond donors (Lipinski definition) is 2. The van der Waals surface area contributed by atoms with E-state index in [1.54, 1.807) is 0 Å². The maximum atomic E-state index is 6.34. The van der Waals surface area contributed by atoms with Crippen LogP contribution in [0.25, 0.3) is 0 Å². The SMILES string of the molecule is CCCC(S)CCC[Si](OCC)(OCC)OC(C)NCc1ccccc1. The lowest BCUT2D eigenvalue weighted by atomic mass is 10.2. The molecule has 0 aliphatic heterocycles. The van der Waals surface area contributed by atoms with Crippen LogP contribution in [-0.2, 0) is 19.8 Å². The number of benzene rings is 1. The van der Waals surface area contributed by atoms with Crippen molar-refractivity contribution in [1.82, 2.24) is 5.32 Å². The van der Waals surface area contributed by atoms with E-state index < -0.39 is 8.80 Å². The summed E-state index contributed by atoms with van der Waals surface area (Å²) in [5.74, 6) is 0. The number of nitrogens with one attached hydrogen (secondary N) is 1. The average Bonchev–Trinajstić information content (AvgIpc) is 2.61. The highest BCUT2D eigenvalue weighted by Gasteiger charge is 2.41. The summed E-state index contributed by atoms with van der Waals surface area (Å²) in [4.78, 5) is 0. The van der Waals surface area contributed by atoms with E-state index in [4.69, 9.17) is 13.3 Å². The van der Waals surface area contributed by atoms with Crippen LogP contribution in [0.4, 0.5) is 0 Å². The molecule has 150 valence electrons. The second-order valence-corrected chi connectivity index (χ2v) is 9.92. The van der Waals surface area contributed by atoms with E-state index in [1.807, 2.05) is 39.0 Å². The number of rotatable bonds is 15. The van der Waals surface area contributed by atoms with Gasteiger partial charge in [0.25, 0.3) is 0 Å². The van der Waals surface area contributed by atoms with Gasteiger partial charge < -0.3 is 13.3 Å². The Bertz CT molecular complexity index is 458. The van der Waals surface area contributed by atoms with E-state index >= 15 is 0 Å². The summed E-state index contributed by atoms with van der Waals surface area (Å²) >= 11 is 4.67. The maximum Gasteiger partial charge on any atom is 0.502 e. The molecule has 1 aromatic rings. The standard InChI is InChI=1S/C20H37NO3SSi/c1-5-12-20(25)15-11-16-26(22-6-2,23-7-3)24-18(4)21-17-19-13-9-8-10-14-19/h8-10,13-14,18,20-21,25H,5-7,11-12,15-17H2,1-4H3. The van der Waals surface area contributed by atoms with Crippen molar-refractivity contribution in [2.75, 3.05) is 13.2 Å². The molecule has 2 atom stereocenters. The molecule has 0 amide bonds. The summed E-state index contributed by atoms with van der Waals surface area (Å²) in [6, 6.07) is 11.2. The first kappa shape index (κ1) is 23.7. The zero-order valence-electron chi connectivity index (χ0n) is 16.9. The van der Waals surface area contributed by atoms with Crippen molar-refractivity contribution in [2.24, 2.45) is 0 Å². The van der Waals surface area contributed by atoms with Crippen LogP contribution in [0.15, 0.2) is 30.3 Å². The molecule has 1 N–H and O–H groups in total. The minimum atomic E-state index is -2.68. The maximum absolute atomic E-state index is 6.34. The van der Waals surface area contributed by atoms with Gasteiger partial charge in [-0.15, -0.1) is 0 Å². The third kappa shape index (κ3) is 9.53. The summed E-state index contributed by atoms with van der Waals surface area (Å²) in [6.07, 6.45) is 4.29. The summed E-state index contributed by atoms with van der Waals surface area (Å²) in [6.45, 7) is 10.2. The van der Waals surface area contributed by atoms with Crippen molar-refractivity contribution in [3.63, 3.8) is 0 Å². The van der Waals surface area contributed by atoms with Gasteiger partial charge in [-0.05, 0) is 45.6 Å². The second-order valence-electron chi connectivity index (χ2n) is 6.51. The zero-order chi connectivity index (χ0) is 19.3. The Morgan fingerprint density at radius 1 is 1.04 bits per heavy atom. The van der Waals surface area contributed by atoms with E-state index in [9.17, 15) is 0 Å². The smallest absolute Gasteiger partial charge is 0.374 e. The molecule has 0 spiro atoms. The molecular formula is C20H37NO3SSi. The van der Waals surface area contributed by atoms with Crippen LogP contribution < -0.4 is 5.32 Å². The minimum Gasteiger partial charge on any atom is -0.374 e. The molecule has 6 heteroatoms. The molecule has 4 nitrogen and oxygen atoms in total. The first-order chi connectivity index (χ1) is 12.5. The van der Waals surface area contributed by atoms with E-state index in [-0.39, 0.29) is 6.23 Å². The lowest BCUT2D eigenvalue weighted by Gasteiger charge is -2.32. The van der Waals surface area contributed by atoms with Gasteiger partial charge >= 0.3 is 8.80 Å². The van der Waals surface area contributed by atoms with Crippen molar-refractivity contribution >= 4 is 21.4 Å². The van der Waals surface area contributed by atoms with Gasteiger partial charge in [0.15, 0.2) is 0 Å². The molecular weight excluding hydrogens is 362 g/mol. The first-order valence-corrected chi connectivity index (χ1v) is 12.4. The van der Waals surface area contributed by atoms with Gasteiger partial charge in [-0.3, -0.25) is 5.32 Å². The molecule has 0 saturated carbocycles. The fourth-order valence-corrected chi connectivity index (χ4v) is 6.16. The molecule has 0 bridgehead atoms. The Balaban J connectivity index is 2.58. The highest BCUT2D eigenvalue weighted by molar-refractivity contribution is 7.80. The molecule has 0 radical (unpaired) electrons. The molecule has 0 aromatic heterocycles. The van der Waals surface area contributed by atoms with Crippen LogP contribution >= 0.6 is 12.6 Å². The highest BCUT2D eigenvalue weighted by atomic mass is 32.1. The monoisotopic (exact) mass is 399 g/mol. The topological polar surface area (TPSA) is 39.7 Å². The van der Waals surface area contributed by atoms with Gasteiger partial charge in [-0.25, -0.2) is 0 Å². The predicted molar refractivity (Wildman–Crippen MR) is 115 cm³/mol. The largest absolute Gasteiger partial charge is 0.502 e. The fraction of sp³-hybridized carbons (Fsp3) is 0.700. The molecule has 0 fully saturated rings. The number of thiol groups is 1. The summed E-state index contributed by atoms with van der Waals surface area (Å²) in [5, 5.41) is 3.88. The fourth-order valence-electron chi connectivity index (χ4n) is 2.95. The average molecular weight is 400 g/mol. The van der Waals surface area contributed by atoms with E-state index in [0.717, 1.165) is 31.9 Å². The van der Waals surface area contributed by atoms with E-state index in [2.05, 4.69) is 37.0 Å². The van der Waals surface area contributed by atoms with Crippen LogP contribution in [0.2, 0.25) is 6.04 Å². The molecule has 0 saturated heterocycles. The van der Waals surface area contributed by atoms with E-state index in [1.165, 1.54) is 12.0 Å². The Morgan fingerprint density at radius 3 is 2.27 bits per heavy atom. The quantitative estimate of drug-likeness (QED) is 0.246. The molecule has 2 unspecified atom stereocenters. The van der Waals surface area contributed by atoms with Crippen molar-refractivity contribution < 1.29 is 13.3 Å². The Kier molecular flexibility index (Phi) is 12.5. The summed E-state index contributed by atoms with van der Waals surface area (Å²) in [5.41, 5.74) is 1.24. The molecule has 0 heterocycles. The van der Waals surface area contributed by atoms with Crippen molar-refractivity contribution in [1.29, 1.82) is 0 Å². The van der Waals surface area contributed by atoms with Gasteiger partial charge in [-0.1, -0.05) is 43.7 Å². The molecule has 26 heavy (non-hydrogen) atoms. The Labute approximate surface area is 166 Å². The minimum absolute atomic E-state index is 0.123. The van der Waals surface area contributed by atoms with Crippen molar-refractivity contribution in [3.8, 4) is 0 Å². The predicted octanol–water partition coefficient (Wildman–Crippen LogP) is 5.03. The molecule has 0 aliphatic carbocycles. The first-order valence-electron chi connectivity index (χ1n) is 9.96. The lowest BCUT2D eigenvalue weighted by molar-refractivity contribution is 0.0254. The van der Waals surface area contributed by atoms with Gasteiger partial charge in [-0.2, -0.15) is 12.6 Å². The van der Waals surface area contributed by atoms with Crippen LogP contribution in [0, 0.1) is 0 Å². The molecule has 1 rings (SSSR count). The lowest BCUT2D eigenvalue weighted by Crippen LogP contribution is -2.50. The van der Waals surface area contributed by atoms with Crippen molar-refractivity contribution in [3.05, 3.63) is 35.9 Å². The van der Waals surface area contributed by atoms with Crippen LogP contribution in [0.1, 0.15) is 58.9 Å². The Morgan fingerprint density at radius 2 is 1.69 bits per heavy atom. The third-order valence-corrected chi connectivity index (χ3v) is 7.82. The van der Waals surface area contributed by atoms with Crippen LogP contribution in [-0.4, -0.2) is 33.5 Å². The Hall–Kier alpha value is -0.373. The molecule has 1 aromatic carbocycles.